The van der Waals surface area contributed by atoms with Crippen LogP contribution in [-0.2, 0) is 7.05 Å². The summed E-state index contributed by atoms with van der Waals surface area (Å²) in [7, 11) is 1.87. The first-order chi connectivity index (χ1) is 7.15. The fourth-order valence-electron chi connectivity index (χ4n) is 1.69. The van der Waals surface area contributed by atoms with Crippen LogP contribution in [-0.4, -0.2) is 25.6 Å². The maximum atomic E-state index is 10.8. The van der Waals surface area contributed by atoms with Crippen LogP contribution in [0.15, 0.2) is 12.4 Å². The van der Waals surface area contributed by atoms with E-state index in [9.17, 15) is 4.79 Å². The van der Waals surface area contributed by atoms with Gasteiger partial charge < -0.3 is 4.57 Å². The molecule has 0 aliphatic carbocycles. The van der Waals surface area contributed by atoms with Gasteiger partial charge in [0.25, 0.3) is 0 Å². The lowest BCUT2D eigenvalue weighted by Gasteiger charge is -2.06. The molecule has 2 rings (SSSR count). The Hall–Kier alpha value is -1.91. The van der Waals surface area contributed by atoms with Crippen molar-refractivity contribution in [2.24, 2.45) is 7.05 Å². The number of rotatable bonds is 2. The van der Waals surface area contributed by atoms with Crippen LogP contribution in [0.1, 0.15) is 21.7 Å². The standard InChI is InChI=1S/C10H12N4O/c1-7-4-9(5-15)8(2)14(7)10-12-11-6-13(10)3/h4-6H,1-3H3. The SMILES string of the molecule is Cc1cc(C=O)c(C)n1-c1nncn1C. The highest BCUT2D eigenvalue weighted by atomic mass is 16.1. The summed E-state index contributed by atoms with van der Waals surface area (Å²) in [6, 6.07) is 1.84. The average molecular weight is 204 g/mol. The van der Waals surface area contributed by atoms with Crippen molar-refractivity contribution in [1.82, 2.24) is 19.3 Å². The third kappa shape index (κ3) is 1.36. The molecule has 78 valence electrons. The zero-order valence-corrected chi connectivity index (χ0v) is 8.93. The van der Waals surface area contributed by atoms with Gasteiger partial charge in [-0.15, -0.1) is 10.2 Å². The summed E-state index contributed by atoms with van der Waals surface area (Å²) < 4.78 is 3.73. The fourth-order valence-corrected chi connectivity index (χ4v) is 1.69. The summed E-state index contributed by atoms with van der Waals surface area (Å²) in [4.78, 5) is 10.8. The molecule has 0 saturated heterocycles. The summed E-state index contributed by atoms with van der Waals surface area (Å²) in [5.74, 6) is 0.720. The van der Waals surface area contributed by atoms with Crippen molar-refractivity contribution in [2.75, 3.05) is 0 Å². The van der Waals surface area contributed by atoms with Gasteiger partial charge in [-0.1, -0.05) is 0 Å². The largest absolute Gasteiger partial charge is 0.302 e. The van der Waals surface area contributed by atoms with Crippen molar-refractivity contribution in [3.05, 3.63) is 29.3 Å². The molecule has 5 heteroatoms. The first-order valence-electron chi connectivity index (χ1n) is 4.63. The van der Waals surface area contributed by atoms with Crippen LogP contribution >= 0.6 is 0 Å². The minimum atomic E-state index is 0.690. The average Bonchev–Trinajstić information content (AvgIpc) is 2.71. The van der Waals surface area contributed by atoms with Gasteiger partial charge in [0.05, 0.1) is 0 Å². The maximum Gasteiger partial charge on any atom is 0.235 e. The molecule has 2 aromatic heterocycles. The van der Waals surface area contributed by atoms with Gasteiger partial charge in [-0.25, -0.2) is 0 Å². The molecular weight excluding hydrogens is 192 g/mol. The van der Waals surface area contributed by atoms with E-state index >= 15 is 0 Å². The van der Waals surface area contributed by atoms with E-state index in [4.69, 9.17) is 0 Å². The van der Waals surface area contributed by atoms with Crippen LogP contribution in [0.2, 0.25) is 0 Å². The molecule has 0 atom stereocenters. The summed E-state index contributed by atoms with van der Waals surface area (Å²) in [5.41, 5.74) is 2.56. The first kappa shape index (κ1) is 9.64. The van der Waals surface area contributed by atoms with E-state index in [0.717, 1.165) is 23.6 Å². The molecule has 2 aromatic rings. The van der Waals surface area contributed by atoms with Crippen molar-refractivity contribution in [1.29, 1.82) is 0 Å². The molecule has 0 amide bonds. The number of nitrogens with zero attached hydrogens (tertiary/aromatic N) is 4. The number of hydrogen-bond acceptors (Lipinski definition) is 3. The van der Waals surface area contributed by atoms with Crippen molar-refractivity contribution < 1.29 is 4.79 Å². The summed E-state index contributed by atoms with van der Waals surface area (Å²) in [6.45, 7) is 3.83. The molecule has 0 aliphatic rings. The molecule has 2 heterocycles. The van der Waals surface area contributed by atoms with E-state index < -0.39 is 0 Å². The van der Waals surface area contributed by atoms with Crippen LogP contribution in [0.4, 0.5) is 0 Å². The van der Waals surface area contributed by atoms with Crippen LogP contribution in [0, 0.1) is 13.8 Å². The third-order valence-corrected chi connectivity index (χ3v) is 2.48. The number of hydrogen-bond donors (Lipinski definition) is 0. The van der Waals surface area contributed by atoms with Crippen molar-refractivity contribution in [3.8, 4) is 5.95 Å². The van der Waals surface area contributed by atoms with E-state index in [1.165, 1.54) is 0 Å². The van der Waals surface area contributed by atoms with Gasteiger partial charge in [0, 0.05) is 24.0 Å². The molecule has 0 unspecified atom stereocenters. The van der Waals surface area contributed by atoms with Gasteiger partial charge in [-0.3, -0.25) is 9.36 Å². The van der Waals surface area contributed by atoms with Crippen molar-refractivity contribution in [2.45, 2.75) is 13.8 Å². The Morgan fingerprint density at radius 2 is 2.13 bits per heavy atom. The molecule has 5 nitrogen and oxygen atoms in total. The number of aldehydes is 1. The second kappa shape index (κ2) is 3.34. The van der Waals surface area contributed by atoms with Gasteiger partial charge in [0.2, 0.25) is 5.95 Å². The number of carbonyl (C=O) groups excluding carboxylic acids is 1. The Kier molecular flexibility index (Phi) is 2.15. The molecule has 0 bridgehead atoms. The lowest BCUT2D eigenvalue weighted by molar-refractivity contribution is 0.112. The van der Waals surface area contributed by atoms with Crippen LogP contribution in [0.25, 0.3) is 5.95 Å². The fraction of sp³-hybridized carbons (Fsp3) is 0.300. The van der Waals surface area contributed by atoms with Crippen molar-refractivity contribution >= 4 is 6.29 Å². The predicted molar refractivity (Wildman–Crippen MR) is 55.2 cm³/mol. The van der Waals surface area contributed by atoms with Gasteiger partial charge >= 0.3 is 0 Å². The molecule has 15 heavy (non-hydrogen) atoms. The number of aromatic nitrogens is 4. The minimum absolute atomic E-state index is 0.690. The van der Waals surface area contributed by atoms with E-state index in [1.54, 1.807) is 6.33 Å². The summed E-state index contributed by atoms with van der Waals surface area (Å²) in [6.07, 6.45) is 2.49. The van der Waals surface area contributed by atoms with Gasteiger partial charge in [0.1, 0.15) is 6.33 Å². The molecule has 0 saturated carbocycles. The van der Waals surface area contributed by atoms with Gasteiger partial charge in [-0.2, -0.15) is 0 Å². The molecule has 0 aromatic carbocycles. The van der Waals surface area contributed by atoms with Crippen LogP contribution in [0.5, 0.6) is 0 Å². The second-order valence-electron chi connectivity index (χ2n) is 3.52. The quantitative estimate of drug-likeness (QED) is 0.687. The Labute approximate surface area is 87.4 Å². The Balaban J connectivity index is 2.68. The second-order valence-corrected chi connectivity index (χ2v) is 3.52. The molecule has 0 spiro atoms. The molecule has 0 aliphatic heterocycles. The van der Waals surface area contributed by atoms with E-state index in [0.29, 0.717) is 5.56 Å². The van der Waals surface area contributed by atoms with E-state index in [2.05, 4.69) is 10.2 Å². The Morgan fingerprint density at radius 1 is 1.40 bits per heavy atom. The summed E-state index contributed by atoms with van der Waals surface area (Å²) >= 11 is 0. The van der Waals surface area contributed by atoms with Gasteiger partial charge in [0.15, 0.2) is 6.29 Å². The predicted octanol–water partition coefficient (Wildman–Crippen LogP) is 1.04. The van der Waals surface area contributed by atoms with E-state index in [1.807, 2.05) is 36.1 Å². The lowest BCUT2D eigenvalue weighted by Crippen LogP contribution is -2.06. The normalized spacial score (nSPS) is 10.6. The highest BCUT2D eigenvalue weighted by molar-refractivity contribution is 5.77. The van der Waals surface area contributed by atoms with Crippen LogP contribution in [0.3, 0.4) is 0 Å². The minimum Gasteiger partial charge on any atom is -0.302 e. The molecule has 0 radical (unpaired) electrons. The third-order valence-electron chi connectivity index (χ3n) is 2.48. The maximum absolute atomic E-state index is 10.8. The lowest BCUT2D eigenvalue weighted by atomic mass is 10.3. The summed E-state index contributed by atoms with van der Waals surface area (Å²) in [5, 5.41) is 7.83. The Morgan fingerprint density at radius 3 is 2.60 bits per heavy atom. The molecule has 0 N–H and O–H groups in total. The topological polar surface area (TPSA) is 52.7 Å². The van der Waals surface area contributed by atoms with E-state index in [-0.39, 0.29) is 0 Å². The zero-order valence-electron chi connectivity index (χ0n) is 8.93. The molecular formula is C10H12N4O. The highest BCUT2D eigenvalue weighted by Gasteiger charge is 2.13. The molecule has 0 fully saturated rings. The highest BCUT2D eigenvalue weighted by Crippen LogP contribution is 2.17. The number of carbonyl (C=O) groups is 1. The van der Waals surface area contributed by atoms with Crippen molar-refractivity contribution in [3.63, 3.8) is 0 Å². The first-order valence-corrected chi connectivity index (χ1v) is 4.63. The van der Waals surface area contributed by atoms with Crippen LogP contribution < -0.4 is 0 Å². The Bertz CT molecular complexity index is 509. The number of aryl methyl sites for hydroxylation is 2. The smallest absolute Gasteiger partial charge is 0.235 e. The van der Waals surface area contributed by atoms with Gasteiger partial charge in [-0.05, 0) is 19.9 Å². The monoisotopic (exact) mass is 204 g/mol. The zero-order chi connectivity index (χ0) is 11.0.